The molecule has 1 aliphatic rings. The van der Waals surface area contributed by atoms with Crippen LogP contribution < -0.4 is 9.47 Å². The second-order valence-corrected chi connectivity index (χ2v) is 7.76. The van der Waals surface area contributed by atoms with Gasteiger partial charge in [0.25, 0.3) is 0 Å². The Morgan fingerprint density at radius 3 is 2.53 bits per heavy atom. The Morgan fingerprint density at radius 2 is 1.75 bits per heavy atom. The molecular weight excluding hydrogens is 426 g/mol. The van der Waals surface area contributed by atoms with Crippen LogP contribution in [-0.4, -0.2) is 25.1 Å². The average Bonchev–Trinajstić information content (AvgIpc) is 3.16. The smallest absolute Gasteiger partial charge is 0.363 e. The lowest BCUT2D eigenvalue weighted by Gasteiger charge is -2.12. The minimum atomic E-state index is -0.488. The van der Waals surface area contributed by atoms with Gasteiger partial charge in [-0.15, -0.1) is 0 Å². The van der Waals surface area contributed by atoms with Crippen LogP contribution in [-0.2, 0) is 9.53 Å². The highest BCUT2D eigenvalue weighted by atomic mass is 35.5. The zero-order valence-corrected chi connectivity index (χ0v) is 18.6. The van der Waals surface area contributed by atoms with Gasteiger partial charge in [0.1, 0.15) is 24.7 Å². The number of rotatable bonds is 7. The van der Waals surface area contributed by atoms with Crippen LogP contribution in [0.15, 0.2) is 77.4 Å². The average molecular weight is 448 g/mol. The predicted octanol–water partition coefficient (Wildman–Crippen LogP) is 5.76. The summed E-state index contributed by atoms with van der Waals surface area (Å²) in [5, 5.41) is 0.703. The summed E-state index contributed by atoms with van der Waals surface area (Å²) >= 11 is 6.05. The first-order valence-electron chi connectivity index (χ1n) is 10.2. The van der Waals surface area contributed by atoms with Crippen LogP contribution in [0.2, 0.25) is 5.02 Å². The lowest BCUT2D eigenvalue weighted by atomic mass is 10.1. The van der Waals surface area contributed by atoms with Crippen molar-refractivity contribution >= 4 is 29.5 Å². The van der Waals surface area contributed by atoms with Crippen molar-refractivity contribution in [3.8, 4) is 11.5 Å². The van der Waals surface area contributed by atoms with Crippen LogP contribution in [0.3, 0.4) is 0 Å². The van der Waals surface area contributed by atoms with Crippen LogP contribution in [0, 0.1) is 13.8 Å². The van der Waals surface area contributed by atoms with E-state index in [0.717, 1.165) is 28.0 Å². The number of benzene rings is 3. The number of ether oxygens (including phenoxy) is 3. The van der Waals surface area contributed by atoms with E-state index >= 15 is 0 Å². The summed E-state index contributed by atoms with van der Waals surface area (Å²) in [5.74, 6) is 1.18. The Balaban J connectivity index is 1.46. The van der Waals surface area contributed by atoms with E-state index in [0.29, 0.717) is 29.9 Å². The fourth-order valence-corrected chi connectivity index (χ4v) is 3.31. The first-order chi connectivity index (χ1) is 15.5. The van der Waals surface area contributed by atoms with Crippen molar-refractivity contribution in [2.45, 2.75) is 13.8 Å². The normalized spacial score (nSPS) is 14.3. The fraction of sp³-hybridized carbons (Fsp3) is 0.154. The van der Waals surface area contributed by atoms with Gasteiger partial charge in [-0.2, -0.15) is 0 Å². The van der Waals surface area contributed by atoms with E-state index in [4.69, 9.17) is 25.8 Å². The molecule has 0 saturated carbocycles. The van der Waals surface area contributed by atoms with Crippen LogP contribution in [0.25, 0.3) is 6.08 Å². The summed E-state index contributed by atoms with van der Waals surface area (Å²) in [7, 11) is 0. The third kappa shape index (κ3) is 5.18. The molecule has 4 rings (SSSR count). The second kappa shape index (κ2) is 9.71. The van der Waals surface area contributed by atoms with E-state index in [1.807, 2.05) is 80.6 Å². The number of halogens is 1. The number of hydrogen-bond donors (Lipinski definition) is 0. The third-order valence-electron chi connectivity index (χ3n) is 4.84. The number of aryl methyl sites for hydroxylation is 2. The van der Waals surface area contributed by atoms with Crippen molar-refractivity contribution in [3.63, 3.8) is 0 Å². The molecule has 0 unspecified atom stereocenters. The molecule has 162 valence electrons. The summed E-state index contributed by atoms with van der Waals surface area (Å²) in [6.07, 6.45) is 1.68. The molecule has 0 N–H and O–H groups in total. The summed E-state index contributed by atoms with van der Waals surface area (Å²) in [6, 6.07) is 20.6. The van der Waals surface area contributed by atoms with Gasteiger partial charge in [-0.25, -0.2) is 9.79 Å². The Hall–Kier alpha value is -3.57. The number of nitrogens with zero attached hydrogens (tertiary/aromatic N) is 1. The Kier molecular flexibility index (Phi) is 6.57. The highest BCUT2D eigenvalue weighted by molar-refractivity contribution is 6.31. The van der Waals surface area contributed by atoms with Crippen molar-refractivity contribution in [2.75, 3.05) is 13.2 Å². The SMILES string of the molecule is Cc1ccc(OCCOc2ccc(Cl)c(C)c2)c(/C=C2\N=C(c3ccccc3)OC2=O)c1. The van der Waals surface area contributed by atoms with Gasteiger partial charge >= 0.3 is 5.97 Å². The van der Waals surface area contributed by atoms with Gasteiger partial charge < -0.3 is 14.2 Å². The summed E-state index contributed by atoms with van der Waals surface area (Å²) in [5.41, 5.74) is 3.72. The highest BCUT2D eigenvalue weighted by Crippen LogP contribution is 2.26. The standard InChI is InChI=1S/C26H22ClNO4/c1-17-8-11-24(31-13-12-30-21-9-10-22(27)18(2)15-21)20(14-17)16-23-26(29)32-25(28-23)19-6-4-3-5-7-19/h3-11,14-16H,12-13H2,1-2H3/b23-16-. The van der Waals surface area contributed by atoms with Crippen molar-refractivity contribution < 1.29 is 19.0 Å². The lowest BCUT2D eigenvalue weighted by molar-refractivity contribution is -0.129. The molecule has 1 heterocycles. The maximum absolute atomic E-state index is 12.4. The maximum Gasteiger partial charge on any atom is 0.363 e. The van der Waals surface area contributed by atoms with Gasteiger partial charge in [0, 0.05) is 16.1 Å². The van der Waals surface area contributed by atoms with Gasteiger partial charge in [-0.3, -0.25) is 0 Å². The van der Waals surface area contributed by atoms with E-state index in [2.05, 4.69) is 4.99 Å². The molecule has 32 heavy (non-hydrogen) atoms. The topological polar surface area (TPSA) is 57.1 Å². The molecule has 3 aromatic carbocycles. The van der Waals surface area contributed by atoms with Crippen molar-refractivity contribution in [1.29, 1.82) is 0 Å². The van der Waals surface area contributed by atoms with Gasteiger partial charge in [0.2, 0.25) is 5.90 Å². The number of carbonyl (C=O) groups is 1. The molecule has 0 aliphatic carbocycles. The largest absolute Gasteiger partial charge is 0.490 e. The van der Waals surface area contributed by atoms with Crippen molar-refractivity contribution in [3.05, 3.63) is 99.7 Å². The molecule has 5 nitrogen and oxygen atoms in total. The molecule has 0 amide bonds. The van der Waals surface area contributed by atoms with E-state index in [-0.39, 0.29) is 5.70 Å². The predicted molar refractivity (Wildman–Crippen MR) is 125 cm³/mol. The van der Waals surface area contributed by atoms with Gasteiger partial charge in [-0.1, -0.05) is 41.4 Å². The third-order valence-corrected chi connectivity index (χ3v) is 5.26. The highest BCUT2D eigenvalue weighted by Gasteiger charge is 2.24. The summed E-state index contributed by atoms with van der Waals surface area (Å²) in [4.78, 5) is 16.7. The van der Waals surface area contributed by atoms with E-state index in [9.17, 15) is 4.79 Å². The number of carbonyl (C=O) groups excluding carboxylic acids is 1. The number of esters is 1. The number of aliphatic imine (C=N–C) groups is 1. The molecule has 0 saturated heterocycles. The molecule has 0 aromatic heterocycles. The van der Waals surface area contributed by atoms with Crippen LogP contribution in [0.1, 0.15) is 22.3 Å². The molecule has 6 heteroatoms. The number of hydrogen-bond acceptors (Lipinski definition) is 5. The van der Waals surface area contributed by atoms with E-state index in [1.54, 1.807) is 6.08 Å². The minimum Gasteiger partial charge on any atom is -0.490 e. The van der Waals surface area contributed by atoms with Crippen LogP contribution in [0.4, 0.5) is 0 Å². The first kappa shape index (κ1) is 21.7. The minimum absolute atomic E-state index is 0.229. The monoisotopic (exact) mass is 447 g/mol. The Labute approximate surface area is 191 Å². The van der Waals surface area contributed by atoms with Crippen molar-refractivity contribution in [1.82, 2.24) is 0 Å². The molecule has 3 aromatic rings. The molecule has 1 aliphatic heterocycles. The van der Waals surface area contributed by atoms with Gasteiger partial charge in [0.05, 0.1) is 0 Å². The zero-order chi connectivity index (χ0) is 22.5. The van der Waals surface area contributed by atoms with E-state index < -0.39 is 5.97 Å². The van der Waals surface area contributed by atoms with Crippen molar-refractivity contribution in [2.24, 2.45) is 4.99 Å². The Morgan fingerprint density at radius 1 is 0.969 bits per heavy atom. The molecule has 0 bridgehead atoms. The van der Waals surface area contributed by atoms with E-state index in [1.165, 1.54) is 0 Å². The summed E-state index contributed by atoms with van der Waals surface area (Å²) in [6.45, 7) is 4.61. The van der Waals surface area contributed by atoms with Crippen LogP contribution >= 0.6 is 11.6 Å². The molecule has 0 spiro atoms. The molecular formula is C26H22ClNO4. The molecule has 0 atom stereocenters. The summed E-state index contributed by atoms with van der Waals surface area (Å²) < 4.78 is 17.0. The Bertz CT molecular complexity index is 1200. The molecule has 0 fully saturated rings. The fourth-order valence-electron chi connectivity index (χ4n) is 3.19. The first-order valence-corrected chi connectivity index (χ1v) is 10.6. The van der Waals surface area contributed by atoms with Gasteiger partial charge in [0.15, 0.2) is 5.70 Å². The quantitative estimate of drug-likeness (QED) is 0.262. The maximum atomic E-state index is 12.4. The zero-order valence-electron chi connectivity index (χ0n) is 17.8. The van der Waals surface area contributed by atoms with Gasteiger partial charge in [-0.05, 0) is 68.0 Å². The molecule has 0 radical (unpaired) electrons. The van der Waals surface area contributed by atoms with Crippen LogP contribution in [0.5, 0.6) is 11.5 Å². The lowest BCUT2D eigenvalue weighted by Crippen LogP contribution is -2.10. The second-order valence-electron chi connectivity index (χ2n) is 7.35. The number of cyclic esters (lactones) is 1.